The van der Waals surface area contributed by atoms with Gasteiger partial charge in [-0.05, 0) is 53.6 Å². The van der Waals surface area contributed by atoms with Crippen molar-refractivity contribution in [1.29, 1.82) is 0 Å². The Hall–Kier alpha value is -3.64. The van der Waals surface area contributed by atoms with Crippen molar-refractivity contribution >= 4 is 34.9 Å². The highest BCUT2D eigenvalue weighted by atomic mass is 32.2. The van der Waals surface area contributed by atoms with Crippen molar-refractivity contribution in [2.24, 2.45) is 0 Å². The fraction of sp³-hybridized carbons (Fsp3) is 0.115. The minimum Gasteiger partial charge on any atom is -0.348 e. The van der Waals surface area contributed by atoms with Gasteiger partial charge in [0.15, 0.2) is 0 Å². The summed E-state index contributed by atoms with van der Waals surface area (Å²) < 4.78 is 0. The molecule has 6 heteroatoms. The molecule has 1 N–H and O–H groups in total. The van der Waals surface area contributed by atoms with Crippen LogP contribution in [-0.2, 0) is 17.9 Å². The number of amides is 3. The van der Waals surface area contributed by atoms with Gasteiger partial charge in [-0.1, -0.05) is 72.3 Å². The molecule has 4 rings (SSSR count). The van der Waals surface area contributed by atoms with E-state index in [1.54, 1.807) is 30.3 Å². The Kier molecular flexibility index (Phi) is 6.52. The first-order valence-corrected chi connectivity index (χ1v) is 11.0. The Morgan fingerprint density at radius 3 is 2.38 bits per heavy atom. The van der Waals surface area contributed by atoms with Crippen LogP contribution >= 0.6 is 11.8 Å². The molecule has 1 fully saturated rings. The van der Waals surface area contributed by atoms with Crippen molar-refractivity contribution in [2.75, 3.05) is 0 Å². The van der Waals surface area contributed by atoms with E-state index in [1.165, 1.54) is 4.90 Å². The lowest BCUT2D eigenvalue weighted by Crippen LogP contribution is -2.27. The van der Waals surface area contributed by atoms with Gasteiger partial charge in [0.2, 0.25) is 0 Å². The first kappa shape index (κ1) is 21.6. The number of benzene rings is 3. The molecule has 0 saturated carbocycles. The van der Waals surface area contributed by atoms with Crippen molar-refractivity contribution in [3.05, 3.63) is 112 Å². The third kappa shape index (κ3) is 5.15. The zero-order chi connectivity index (χ0) is 22.5. The van der Waals surface area contributed by atoms with Gasteiger partial charge in [0.1, 0.15) is 0 Å². The van der Waals surface area contributed by atoms with Gasteiger partial charge in [0, 0.05) is 12.1 Å². The summed E-state index contributed by atoms with van der Waals surface area (Å²) in [5.41, 5.74) is 4.38. The van der Waals surface area contributed by atoms with Gasteiger partial charge in [-0.25, -0.2) is 0 Å². The number of hydrogen-bond donors (Lipinski definition) is 1. The summed E-state index contributed by atoms with van der Waals surface area (Å²) in [5.74, 6) is -0.468. The lowest BCUT2D eigenvalue weighted by atomic mass is 10.1. The Morgan fingerprint density at radius 2 is 1.66 bits per heavy atom. The van der Waals surface area contributed by atoms with E-state index in [1.807, 2.05) is 61.5 Å². The Bertz CT molecular complexity index is 1190. The molecule has 0 spiro atoms. The highest BCUT2D eigenvalue weighted by molar-refractivity contribution is 8.18. The van der Waals surface area contributed by atoms with Crippen LogP contribution in [0.3, 0.4) is 0 Å². The number of rotatable bonds is 6. The highest BCUT2D eigenvalue weighted by Gasteiger charge is 2.34. The van der Waals surface area contributed by atoms with E-state index >= 15 is 0 Å². The van der Waals surface area contributed by atoms with Crippen LogP contribution in [0.1, 0.15) is 32.6 Å². The van der Waals surface area contributed by atoms with Gasteiger partial charge in [-0.2, -0.15) is 0 Å². The fourth-order valence-corrected chi connectivity index (χ4v) is 4.23. The number of carbonyl (C=O) groups is 3. The maximum absolute atomic E-state index is 12.7. The van der Waals surface area contributed by atoms with E-state index in [-0.39, 0.29) is 23.6 Å². The van der Waals surface area contributed by atoms with Crippen LogP contribution in [0.5, 0.6) is 0 Å². The predicted octanol–water partition coefficient (Wildman–Crippen LogP) is 5.16. The highest BCUT2D eigenvalue weighted by Crippen LogP contribution is 2.33. The van der Waals surface area contributed by atoms with Crippen LogP contribution in [-0.4, -0.2) is 22.0 Å². The van der Waals surface area contributed by atoms with E-state index < -0.39 is 0 Å². The second-order valence-corrected chi connectivity index (χ2v) is 8.54. The number of hydrogen-bond acceptors (Lipinski definition) is 4. The molecule has 5 nitrogen and oxygen atoms in total. The largest absolute Gasteiger partial charge is 0.348 e. The van der Waals surface area contributed by atoms with E-state index in [9.17, 15) is 14.4 Å². The minimum atomic E-state index is -0.302. The van der Waals surface area contributed by atoms with Crippen LogP contribution in [0.25, 0.3) is 6.08 Å². The van der Waals surface area contributed by atoms with Gasteiger partial charge in [0.05, 0.1) is 11.4 Å². The molecule has 0 unspecified atom stereocenters. The first-order valence-electron chi connectivity index (χ1n) is 10.2. The Labute approximate surface area is 191 Å². The second kappa shape index (κ2) is 9.66. The normalized spacial score (nSPS) is 14.8. The van der Waals surface area contributed by atoms with Gasteiger partial charge >= 0.3 is 0 Å². The lowest BCUT2D eigenvalue weighted by Gasteiger charge is -2.12. The van der Waals surface area contributed by atoms with E-state index in [0.717, 1.165) is 34.0 Å². The summed E-state index contributed by atoms with van der Waals surface area (Å²) in [6.07, 6.45) is 1.68. The first-order chi connectivity index (χ1) is 15.5. The zero-order valence-corrected chi connectivity index (χ0v) is 18.4. The van der Waals surface area contributed by atoms with E-state index in [4.69, 9.17) is 0 Å². The second-order valence-electron chi connectivity index (χ2n) is 7.55. The smallest absolute Gasteiger partial charge is 0.293 e. The van der Waals surface area contributed by atoms with Gasteiger partial charge < -0.3 is 5.32 Å². The average molecular weight is 443 g/mol. The molecule has 1 aliphatic rings. The summed E-state index contributed by atoms with van der Waals surface area (Å²) in [5, 5.41) is 2.63. The molecule has 0 bridgehead atoms. The minimum absolute atomic E-state index is 0.166. The fourth-order valence-electron chi connectivity index (χ4n) is 3.39. The summed E-state index contributed by atoms with van der Waals surface area (Å²) in [6.45, 7) is 2.72. The molecule has 0 atom stereocenters. The van der Waals surface area contributed by atoms with Crippen LogP contribution in [0.15, 0.2) is 83.8 Å². The summed E-state index contributed by atoms with van der Waals surface area (Å²) in [7, 11) is 0. The summed E-state index contributed by atoms with van der Waals surface area (Å²) in [6, 6.07) is 24.4. The predicted molar refractivity (Wildman–Crippen MR) is 127 cm³/mol. The number of nitrogens with zero attached hydrogens (tertiary/aromatic N) is 1. The summed E-state index contributed by atoms with van der Waals surface area (Å²) in [4.78, 5) is 39.1. The number of nitrogens with one attached hydrogen (secondary N) is 1. The van der Waals surface area contributed by atoms with Crippen molar-refractivity contribution in [3.8, 4) is 0 Å². The van der Waals surface area contributed by atoms with Crippen molar-refractivity contribution in [2.45, 2.75) is 20.0 Å². The zero-order valence-electron chi connectivity index (χ0n) is 17.6. The molecular formula is C26H22N2O3S. The molecule has 1 saturated heterocycles. The molecule has 0 radical (unpaired) electrons. The van der Waals surface area contributed by atoms with Gasteiger partial charge in [0.25, 0.3) is 17.1 Å². The lowest BCUT2D eigenvalue weighted by molar-refractivity contribution is -0.123. The third-order valence-electron chi connectivity index (χ3n) is 5.06. The van der Waals surface area contributed by atoms with Gasteiger partial charge in [-0.15, -0.1) is 0 Å². The topological polar surface area (TPSA) is 66.5 Å². The standard InChI is InChI=1S/C26H22N2O3S/c1-18-6-5-9-21(14-18)16-27-24(29)22-12-10-19(11-13-22)15-23-25(30)28(26(31)32-23)17-20-7-3-2-4-8-20/h2-15H,16-17H2,1H3,(H,27,29)/b23-15-. The van der Waals surface area contributed by atoms with Crippen LogP contribution < -0.4 is 5.32 Å². The molecule has 3 aromatic rings. The number of aryl methyl sites for hydroxylation is 1. The molecule has 0 aliphatic carbocycles. The molecule has 32 heavy (non-hydrogen) atoms. The maximum atomic E-state index is 12.7. The molecule has 160 valence electrons. The Morgan fingerprint density at radius 1 is 0.938 bits per heavy atom. The Balaban J connectivity index is 1.40. The number of imide groups is 1. The van der Waals surface area contributed by atoms with Gasteiger partial charge in [-0.3, -0.25) is 19.3 Å². The average Bonchev–Trinajstić information content (AvgIpc) is 3.06. The molecule has 3 aromatic carbocycles. The monoisotopic (exact) mass is 442 g/mol. The summed E-state index contributed by atoms with van der Waals surface area (Å²) >= 11 is 0.932. The van der Waals surface area contributed by atoms with E-state index in [0.29, 0.717) is 17.0 Å². The van der Waals surface area contributed by atoms with Crippen molar-refractivity contribution < 1.29 is 14.4 Å². The third-order valence-corrected chi connectivity index (χ3v) is 5.97. The van der Waals surface area contributed by atoms with Crippen LogP contribution in [0, 0.1) is 6.92 Å². The van der Waals surface area contributed by atoms with Crippen LogP contribution in [0.2, 0.25) is 0 Å². The molecule has 0 aromatic heterocycles. The molecule has 3 amide bonds. The number of thioether (sulfide) groups is 1. The quantitative estimate of drug-likeness (QED) is 0.536. The maximum Gasteiger partial charge on any atom is 0.293 e. The van der Waals surface area contributed by atoms with E-state index in [2.05, 4.69) is 5.32 Å². The van der Waals surface area contributed by atoms with Crippen molar-refractivity contribution in [1.82, 2.24) is 10.2 Å². The number of carbonyl (C=O) groups excluding carboxylic acids is 3. The molecule has 1 aliphatic heterocycles. The van der Waals surface area contributed by atoms with Crippen LogP contribution in [0.4, 0.5) is 4.79 Å². The van der Waals surface area contributed by atoms with Crippen molar-refractivity contribution in [3.63, 3.8) is 0 Å². The SMILES string of the molecule is Cc1cccc(CNC(=O)c2ccc(/C=C3\SC(=O)N(Cc4ccccc4)C3=O)cc2)c1. The molecular weight excluding hydrogens is 420 g/mol. The molecule has 1 heterocycles.